The van der Waals surface area contributed by atoms with Crippen molar-refractivity contribution in [2.24, 2.45) is 0 Å². The van der Waals surface area contributed by atoms with E-state index >= 15 is 0 Å². The minimum absolute atomic E-state index is 0.0605. The van der Waals surface area contributed by atoms with Gasteiger partial charge in [-0.2, -0.15) is 0 Å². The van der Waals surface area contributed by atoms with E-state index in [2.05, 4.69) is 15.6 Å². The molecule has 0 aliphatic carbocycles. The van der Waals surface area contributed by atoms with Gasteiger partial charge in [0.1, 0.15) is 17.0 Å². The summed E-state index contributed by atoms with van der Waals surface area (Å²) in [5.74, 6) is 0.570. The Kier molecular flexibility index (Phi) is 7.42. The highest BCUT2D eigenvalue weighted by Crippen LogP contribution is 2.32. The summed E-state index contributed by atoms with van der Waals surface area (Å²) in [7, 11) is 1.59. The lowest BCUT2D eigenvalue weighted by atomic mass is 10.1. The van der Waals surface area contributed by atoms with E-state index in [9.17, 15) is 14.9 Å². The van der Waals surface area contributed by atoms with Crippen molar-refractivity contribution < 1.29 is 18.9 Å². The number of rotatable bonds is 6. The predicted molar refractivity (Wildman–Crippen MR) is 154 cm³/mol. The van der Waals surface area contributed by atoms with Crippen LogP contribution in [0.5, 0.6) is 5.75 Å². The van der Waals surface area contributed by atoms with Gasteiger partial charge in [0.15, 0.2) is 10.7 Å². The Bertz CT molecular complexity index is 1580. The van der Waals surface area contributed by atoms with Crippen molar-refractivity contribution in [1.82, 2.24) is 10.3 Å². The van der Waals surface area contributed by atoms with Crippen LogP contribution in [0.2, 0.25) is 0 Å². The minimum Gasteiger partial charge on any atom is -0.497 e. The summed E-state index contributed by atoms with van der Waals surface area (Å²) in [6, 6.07) is 15.5. The minimum atomic E-state index is -0.539. The van der Waals surface area contributed by atoms with Crippen LogP contribution in [-0.2, 0) is 0 Å². The zero-order valence-electron chi connectivity index (χ0n) is 21.5. The predicted octanol–water partition coefficient (Wildman–Crippen LogP) is 5.84. The second kappa shape index (κ2) is 11.1. The Morgan fingerprint density at radius 3 is 2.64 bits per heavy atom. The van der Waals surface area contributed by atoms with Gasteiger partial charge in [0.25, 0.3) is 11.6 Å². The lowest BCUT2D eigenvalue weighted by Gasteiger charge is -2.28. The number of methoxy groups -OCH3 is 1. The fourth-order valence-electron chi connectivity index (χ4n) is 4.59. The summed E-state index contributed by atoms with van der Waals surface area (Å²) in [6.07, 6.45) is 3.09. The molecular formula is C28H27N5O5S. The zero-order valence-corrected chi connectivity index (χ0v) is 22.3. The molecule has 11 heteroatoms. The van der Waals surface area contributed by atoms with E-state index < -0.39 is 10.8 Å². The van der Waals surface area contributed by atoms with Crippen LogP contribution < -0.4 is 20.3 Å². The molecule has 0 spiro atoms. The molecule has 4 aromatic rings. The van der Waals surface area contributed by atoms with Gasteiger partial charge in [-0.1, -0.05) is 6.07 Å². The van der Waals surface area contributed by atoms with Gasteiger partial charge in [-0.15, -0.1) is 0 Å². The van der Waals surface area contributed by atoms with Crippen molar-refractivity contribution in [3.8, 4) is 17.2 Å². The number of piperidine rings is 1. The third-order valence-electron chi connectivity index (χ3n) is 6.69. The Morgan fingerprint density at radius 2 is 1.90 bits per heavy atom. The van der Waals surface area contributed by atoms with Crippen molar-refractivity contribution in [2.45, 2.75) is 26.2 Å². The summed E-state index contributed by atoms with van der Waals surface area (Å²) in [4.78, 5) is 30.8. The molecule has 1 aliphatic rings. The number of nitrogens with zero attached hydrogens (tertiary/aromatic N) is 3. The van der Waals surface area contributed by atoms with Crippen molar-refractivity contribution in [1.29, 1.82) is 0 Å². The van der Waals surface area contributed by atoms with Crippen LogP contribution in [0.4, 0.5) is 17.1 Å². The highest BCUT2D eigenvalue weighted by Gasteiger charge is 2.23. The van der Waals surface area contributed by atoms with E-state index in [0.29, 0.717) is 34.1 Å². The first kappa shape index (κ1) is 26.1. The molecule has 10 nitrogen and oxygen atoms in total. The number of anilines is 2. The van der Waals surface area contributed by atoms with Crippen LogP contribution in [0, 0.1) is 17.0 Å². The number of aromatic nitrogens is 1. The molecule has 1 amide bonds. The third-order valence-corrected chi connectivity index (χ3v) is 6.89. The number of carbonyl (C=O) groups is 1. The first-order chi connectivity index (χ1) is 18.8. The molecule has 200 valence electrons. The molecule has 0 saturated carbocycles. The van der Waals surface area contributed by atoms with E-state index in [1.54, 1.807) is 37.4 Å². The van der Waals surface area contributed by atoms with E-state index in [0.717, 1.165) is 43.5 Å². The average molecular weight is 546 g/mol. The van der Waals surface area contributed by atoms with Crippen molar-refractivity contribution in [3.63, 3.8) is 0 Å². The number of carbonyl (C=O) groups excluding carboxylic acids is 1. The summed E-state index contributed by atoms with van der Waals surface area (Å²) in [6.45, 7) is 3.42. The van der Waals surface area contributed by atoms with Gasteiger partial charge in [0, 0.05) is 42.0 Å². The van der Waals surface area contributed by atoms with Crippen LogP contribution in [0.15, 0.2) is 59.0 Å². The van der Waals surface area contributed by atoms with Crippen molar-refractivity contribution in [2.75, 3.05) is 30.4 Å². The van der Waals surface area contributed by atoms with Crippen LogP contribution in [0.3, 0.4) is 0 Å². The summed E-state index contributed by atoms with van der Waals surface area (Å²) in [5, 5.41) is 17.5. The zero-order chi connectivity index (χ0) is 27.5. The van der Waals surface area contributed by atoms with Crippen LogP contribution in [-0.4, -0.2) is 41.1 Å². The van der Waals surface area contributed by atoms with Gasteiger partial charge in [-0.25, -0.2) is 4.98 Å². The fourth-order valence-corrected chi connectivity index (χ4v) is 4.79. The third kappa shape index (κ3) is 5.68. The highest BCUT2D eigenvalue weighted by molar-refractivity contribution is 7.80. The molecule has 2 heterocycles. The number of hydrogen-bond acceptors (Lipinski definition) is 8. The maximum atomic E-state index is 12.9. The maximum absolute atomic E-state index is 12.9. The number of oxazole rings is 1. The molecule has 0 radical (unpaired) electrons. The Labute approximate surface area is 230 Å². The fraction of sp³-hybridized carbons (Fsp3) is 0.250. The lowest BCUT2D eigenvalue weighted by Crippen LogP contribution is -2.34. The number of thiocarbonyl (C=S) groups is 1. The number of nitrogens with one attached hydrogen (secondary N) is 2. The monoisotopic (exact) mass is 545 g/mol. The Hall–Kier alpha value is -4.51. The number of fused-ring (bicyclic) bond motifs is 1. The second-order valence-electron chi connectivity index (χ2n) is 9.30. The standard InChI is InChI=1S/C28H27N5O5S/c1-17-6-7-19(27-29-22-16-20(37-2)9-11-25(22)38-27)14-21(17)30-28(39)31-26(34)18-8-10-23(24(15-18)33(35)36)32-12-4-3-5-13-32/h6-11,14-16H,3-5,12-13H2,1-2H3,(H2,30,31,34,39). The molecule has 1 aliphatic heterocycles. The molecule has 39 heavy (non-hydrogen) atoms. The van der Waals surface area contributed by atoms with Gasteiger partial charge in [0.2, 0.25) is 5.89 Å². The summed E-state index contributed by atoms with van der Waals surface area (Å²) >= 11 is 5.39. The molecule has 0 bridgehead atoms. The first-order valence-electron chi connectivity index (χ1n) is 12.5. The lowest BCUT2D eigenvalue weighted by molar-refractivity contribution is -0.384. The van der Waals surface area contributed by atoms with E-state index in [1.807, 2.05) is 30.0 Å². The number of benzene rings is 3. The normalized spacial score (nSPS) is 13.2. The molecule has 5 rings (SSSR count). The molecule has 0 unspecified atom stereocenters. The maximum Gasteiger partial charge on any atom is 0.293 e. The topological polar surface area (TPSA) is 123 Å². The number of ether oxygens (including phenoxy) is 1. The number of nitro benzene ring substituents is 1. The second-order valence-corrected chi connectivity index (χ2v) is 9.71. The Morgan fingerprint density at radius 1 is 1.10 bits per heavy atom. The summed E-state index contributed by atoms with van der Waals surface area (Å²) in [5.41, 5.74) is 4.14. The van der Waals surface area contributed by atoms with Gasteiger partial charge in [-0.3, -0.25) is 20.2 Å². The molecule has 3 aromatic carbocycles. The van der Waals surface area contributed by atoms with Crippen LogP contribution in [0.25, 0.3) is 22.6 Å². The smallest absolute Gasteiger partial charge is 0.293 e. The van der Waals surface area contributed by atoms with Crippen molar-refractivity contribution in [3.05, 3.63) is 75.8 Å². The molecule has 0 atom stereocenters. The largest absolute Gasteiger partial charge is 0.497 e. The quantitative estimate of drug-likeness (QED) is 0.175. The summed E-state index contributed by atoms with van der Waals surface area (Å²) < 4.78 is 11.2. The Balaban J connectivity index is 1.31. The molecule has 2 N–H and O–H groups in total. The van der Waals surface area contributed by atoms with Crippen LogP contribution >= 0.6 is 12.2 Å². The van der Waals surface area contributed by atoms with Gasteiger partial charge < -0.3 is 19.4 Å². The van der Waals surface area contributed by atoms with Crippen molar-refractivity contribution >= 4 is 51.4 Å². The first-order valence-corrected chi connectivity index (χ1v) is 12.9. The number of aryl methyl sites for hydroxylation is 1. The molecule has 1 aromatic heterocycles. The SMILES string of the molecule is COc1ccc2oc(-c3ccc(C)c(NC(=S)NC(=O)c4ccc(N5CCCCC5)c([N+](=O)[O-])c4)c3)nc2c1. The van der Waals surface area contributed by atoms with E-state index in [-0.39, 0.29) is 16.4 Å². The van der Waals surface area contributed by atoms with Gasteiger partial charge in [-0.05, 0) is 80.4 Å². The highest BCUT2D eigenvalue weighted by atomic mass is 32.1. The molecular weight excluding hydrogens is 518 g/mol. The number of nitro groups is 1. The van der Waals surface area contributed by atoms with Gasteiger partial charge in [0.05, 0.1) is 12.0 Å². The van der Waals surface area contributed by atoms with E-state index in [1.165, 1.54) is 6.07 Å². The number of hydrogen-bond donors (Lipinski definition) is 2. The van der Waals surface area contributed by atoms with Gasteiger partial charge >= 0.3 is 0 Å². The average Bonchev–Trinajstić information content (AvgIpc) is 3.37. The molecule has 1 saturated heterocycles. The number of amides is 1. The molecule has 1 fully saturated rings. The van der Waals surface area contributed by atoms with E-state index in [4.69, 9.17) is 21.4 Å². The van der Waals surface area contributed by atoms with Crippen LogP contribution in [0.1, 0.15) is 35.2 Å².